The zero-order valence-electron chi connectivity index (χ0n) is 14.6. The molecule has 0 spiro atoms. The predicted molar refractivity (Wildman–Crippen MR) is 87.2 cm³/mol. The number of hydrogen-bond acceptors (Lipinski definition) is 2. The minimum absolute atomic E-state index is 0.243. The molecule has 2 nitrogen and oxygen atoms in total. The van der Waals surface area contributed by atoms with Crippen molar-refractivity contribution in [2.75, 3.05) is 7.05 Å². The van der Waals surface area contributed by atoms with Crippen LogP contribution in [-0.2, 0) is 4.43 Å². The third-order valence-corrected chi connectivity index (χ3v) is 6.75. The largest absolute Gasteiger partial charge is 0.414 e. The highest BCUT2D eigenvalue weighted by molar-refractivity contribution is 6.69. The van der Waals surface area contributed by atoms with Crippen LogP contribution in [0.15, 0.2) is 0 Å². The first-order valence-electron chi connectivity index (χ1n) is 7.92. The Balaban J connectivity index is 3.09. The van der Waals surface area contributed by atoms with E-state index in [1.807, 2.05) is 0 Å². The zero-order chi connectivity index (χ0) is 15.1. The molecule has 3 heteroatoms. The minimum atomic E-state index is -1.48. The van der Waals surface area contributed by atoms with Crippen molar-refractivity contribution in [3.05, 3.63) is 0 Å². The Kier molecular flexibility index (Phi) is 4.97. The molecule has 0 aromatic rings. The molecular formula is C16H35NOSi. The van der Waals surface area contributed by atoms with Gasteiger partial charge in [-0.15, -0.1) is 0 Å². The van der Waals surface area contributed by atoms with Gasteiger partial charge in [0.05, 0.1) is 6.10 Å². The van der Waals surface area contributed by atoms with E-state index in [0.717, 1.165) is 0 Å². The van der Waals surface area contributed by atoms with E-state index in [1.54, 1.807) is 0 Å². The van der Waals surface area contributed by atoms with Crippen molar-refractivity contribution < 1.29 is 4.43 Å². The van der Waals surface area contributed by atoms with Gasteiger partial charge in [-0.2, -0.15) is 0 Å². The molecule has 0 radical (unpaired) electrons. The van der Waals surface area contributed by atoms with E-state index in [9.17, 15) is 0 Å². The van der Waals surface area contributed by atoms with Gasteiger partial charge in [-0.05, 0) is 65.7 Å². The maximum atomic E-state index is 6.55. The lowest BCUT2D eigenvalue weighted by atomic mass is 9.68. The molecule has 1 aliphatic heterocycles. The predicted octanol–water partition coefficient (Wildman–Crippen LogP) is 4.52. The van der Waals surface area contributed by atoms with Crippen molar-refractivity contribution in [2.24, 2.45) is 5.92 Å². The van der Waals surface area contributed by atoms with Crippen molar-refractivity contribution in [2.45, 2.75) is 90.7 Å². The van der Waals surface area contributed by atoms with E-state index in [2.05, 4.69) is 66.2 Å². The molecule has 1 saturated heterocycles. The second-order valence-electron chi connectivity index (χ2n) is 7.88. The van der Waals surface area contributed by atoms with Crippen molar-refractivity contribution >= 4 is 8.32 Å². The van der Waals surface area contributed by atoms with Crippen LogP contribution in [0, 0.1) is 5.92 Å². The Hall–Kier alpha value is 0.137. The zero-order valence-corrected chi connectivity index (χ0v) is 15.6. The van der Waals surface area contributed by atoms with E-state index >= 15 is 0 Å². The first kappa shape index (κ1) is 17.2. The molecule has 0 aliphatic carbocycles. The average Bonchev–Trinajstić information content (AvgIpc) is 2.31. The maximum Gasteiger partial charge on any atom is 0.184 e. The quantitative estimate of drug-likeness (QED) is 0.704. The van der Waals surface area contributed by atoms with Gasteiger partial charge in [0.2, 0.25) is 0 Å². The summed E-state index contributed by atoms with van der Waals surface area (Å²) in [6, 6.07) is 0. The molecule has 1 fully saturated rings. The van der Waals surface area contributed by atoms with Crippen molar-refractivity contribution in [1.82, 2.24) is 4.90 Å². The number of hydrogen-bond donors (Lipinski definition) is 0. The van der Waals surface area contributed by atoms with Crippen LogP contribution in [0.3, 0.4) is 0 Å². The highest BCUT2D eigenvalue weighted by Gasteiger charge is 2.51. The van der Waals surface area contributed by atoms with Crippen molar-refractivity contribution in [3.8, 4) is 0 Å². The molecule has 0 N–H and O–H groups in total. The summed E-state index contributed by atoms with van der Waals surface area (Å²) in [6.07, 6.45) is 3.96. The topological polar surface area (TPSA) is 12.5 Å². The number of nitrogens with zero attached hydrogens (tertiary/aromatic N) is 1. The third kappa shape index (κ3) is 3.25. The van der Waals surface area contributed by atoms with Crippen molar-refractivity contribution in [1.29, 1.82) is 0 Å². The molecule has 4 atom stereocenters. The summed E-state index contributed by atoms with van der Waals surface area (Å²) in [6.45, 7) is 18.8. The second-order valence-corrected chi connectivity index (χ2v) is 12.3. The molecule has 0 bridgehead atoms. The number of rotatable bonds is 4. The monoisotopic (exact) mass is 285 g/mol. The minimum Gasteiger partial charge on any atom is -0.414 e. The summed E-state index contributed by atoms with van der Waals surface area (Å²) in [4.78, 5) is 2.63. The SMILES string of the molecule is CCC1(C)CC(O[Si](C)(C)C)C(C)C(C)(CC)N1C. The van der Waals surface area contributed by atoms with Gasteiger partial charge in [-0.1, -0.05) is 20.8 Å². The van der Waals surface area contributed by atoms with Gasteiger partial charge in [-0.3, -0.25) is 4.90 Å². The summed E-state index contributed by atoms with van der Waals surface area (Å²) in [5, 5.41) is 0. The molecule has 1 aliphatic rings. The fraction of sp³-hybridized carbons (Fsp3) is 1.00. The van der Waals surface area contributed by atoms with Crippen LogP contribution in [0.1, 0.15) is 53.9 Å². The smallest absolute Gasteiger partial charge is 0.184 e. The van der Waals surface area contributed by atoms with Crippen LogP contribution in [0.25, 0.3) is 0 Å². The Bertz CT molecular complexity index is 314. The van der Waals surface area contributed by atoms with E-state index in [-0.39, 0.29) is 11.1 Å². The average molecular weight is 286 g/mol. The molecule has 19 heavy (non-hydrogen) atoms. The normalized spacial score (nSPS) is 41.5. The maximum absolute atomic E-state index is 6.55. The molecular weight excluding hydrogens is 250 g/mol. The molecule has 114 valence electrons. The molecule has 0 saturated carbocycles. The van der Waals surface area contributed by atoms with E-state index in [4.69, 9.17) is 4.43 Å². The van der Waals surface area contributed by atoms with Gasteiger partial charge in [0.1, 0.15) is 0 Å². The highest BCUT2D eigenvalue weighted by atomic mass is 28.4. The summed E-state index contributed by atoms with van der Waals surface area (Å²) < 4.78 is 6.55. The number of likely N-dealkylation sites (tertiary alicyclic amines) is 1. The Morgan fingerprint density at radius 1 is 1.16 bits per heavy atom. The third-order valence-electron chi connectivity index (χ3n) is 5.74. The van der Waals surface area contributed by atoms with E-state index in [0.29, 0.717) is 12.0 Å². The molecule has 0 aromatic heterocycles. The van der Waals surface area contributed by atoms with E-state index in [1.165, 1.54) is 19.3 Å². The van der Waals surface area contributed by atoms with Gasteiger partial charge in [0, 0.05) is 11.1 Å². The van der Waals surface area contributed by atoms with Crippen LogP contribution < -0.4 is 0 Å². The van der Waals surface area contributed by atoms with Crippen LogP contribution in [0.2, 0.25) is 19.6 Å². The summed E-state index contributed by atoms with van der Waals surface area (Å²) >= 11 is 0. The van der Waals surface area contributed by atoms with Crippen LogP contribution in [0.4, 0.5) is 0 Å². The molecule has 0 amide bonds. The molecule has 0 aromatic carbocycles. The Morgan fingerprint density at radius 2 is 1.68 bits per heavy atom. The van der Waals surface area contributed by atoms with Crippen LogP contribution in [-0.4, -0.2) is 37.4 Å². The van der Waals surface area contributed by atoms with Gasteiger partial charge in [0.25, 0.3) is 0 Å². The fourth-order valence-electron chi connectivity index (χ4n) is 3.61. The molecule has 1 rings (SSSR count). The standard InChI is InChI=1S/C16H35NOSi/c1-10-15(4)12-14(18-19(7,8)9)13(3)16(5,11-2)17(15)6/h13-14H,10-12H2,1-9H3. The Labute approximate surface area is 122 Å². The number of piperidine rings is 1. The van der Waals surface area contributed by atoms with Gasteiger partial charge in [0.15, 0.2) is 8.32 Å². The van der Waals surface area contributed by atoms with Gasteiger partial charge >= 0.3 is 0 Å². The lowest BCUT2D eigenvalue weighted by Crippen LogP contribution is -2.67. The van der Waals surface area contributed by atoms with Crippen molar-refractivity contribution in [3.63, 3.8) is 0 Å². The molecule has 4 unspecified atom stereocenters. The first-order valence-corrected chi connectivity index (χ1v) is 11.3. The highest BCUT2D eigenvalue weighted by Crippen LogP contribution is 2.45. The van der Waals surface area contributed by atoms with Crippen LogP contribution >= 0.6 is 0 Å². The summed E-state index contributed by atoms with van der Waals surface area (Å²) in [7, 11) is 0.836. The fourth-order valence-corrected chi connectivity index (χ4v) is 4.80. The Morgan fingerprint density at radius 3 is 2.05 bits per heavy atom. The van der Waals surface area contributed by atoms with E-state index < -0.39 is 8.32 Å². The summed E-state index contributed by atoms with van der Waals surface area (Å²) in [5.74, 6) is 0.592. The van der Waals surface area contributed by atoms with Gasteiger partial charge in [-0.25, -0.2) is 0 Å². The molecule has 1 heterocycles. The lowest BCUT2D eigenvalue weighted by Gasteiger charge is -2.60. The van der Waals surface area contributed by atoms with Crippen LogP contribution in [0.5, 0.6) is 0 Å². The summed E-state index contributed by atoms with van der Waals surface area (Å²) in [5.41, 5.74) is 0.509. The second kappa shape index (κ2) is 5.49. The lowest BCUT2D eigenvalue weighted by molar-refractivity contribution is -0.117. The first-order chi connectivity index (χ1) is 8.50. The van der Waals surface area contributed by atoms with Gasteiger partial charge < -0.3 is 4.43 Å².